The van der Waals surface area contributed by atoms with Crippen LogP contribution in [0.1, 0.15) is 76.6 Å². The summed E-state index contributed by atoms with van der Waals surface area (Å²) in [6.07, 6.45) is 2.47. The zero-order valence-corrected chi connectivity index (χ0v) is 25.9. The summed E-state index contributed by atoms with van der Waals surface area (Å²) in [5, 5.41) is 19.4. The third kappa shape index (κ3) is 14.2. The number of hydrogen-bond donors (Lipinski definition) is 5. The van der Waals surface area contributed by atoms with Crippen molar-refractivity contribution in [2.24, 2.45) is 29.4 Å². The van der Waals surface area contributed by atoms with Crippen LogP contribution in [0.5, 0.6) is 5.75 Å². The normalized spacial score (nSPS) is 14.3. The molecule has 0 radical (unpaired) electrons. The van der Waals surface area contributed by atoms with Gasteiger partial charge in [0.25, 0.3) is 5.91 Å². The number of para-hydroxylation sites is 1. The van der Waals surface area contributed by atoms with Crippen LogP contribution in [0.2, 0.25) is 0 Å². The van der Waals surface area contributed by atoms with E-state index in [4.69, 9.17) is 15.2 Å². The molecule has 0 aliphatic rings. The number of aliphatic hydroxyl groups excluding tert-OH is 1. The summed E-state index contributed by atoms with van der Waals surface area (Å²) in [7, 11) is 3.25. The number of carbonyl (C=O) groups excluding carboxylic acids is 3. The van der Waals surface area contributed by atoms with Crippen molar-refractivity contribution in [3.63, 3.8) is 0 Å². The van der Waals surface area contributed by atoms with E-state index in [1.165, 1.54) is 0 Å². The largest absolute Gasteiger partial charge is 0.493 e. The van der Waals surface area contributed by atoms with Gasteiger partial charge in [0.2, 0.25) is 11.8 Å². The summed E-state index contributed by atoms with van der Waals surface area (Å²) in [4.78, 5) is 37.2. The third-order valence-electron chi connectivity index (χ3n) is 7.46. The van der Waals surface area contributed by atoms with Crippen molar-refractivity contribution in [2.75, 3.05) is 40.5 Å². The molecular formula is C31H54N4O6. The minimum Gasteiger partial charge on any atom is -0.493 e. The average molecular weight is 579 g/mol. The van der Waals surface area contributed by atoms with E-state index in [9.17, 15) is 19.5 Å². The fraction of sp³-hybridized carbons (Fsp3) is 0.710. The highest BCUT2D eigenvalue weighted by atomic mass is 16.5. The maximum Gasteiger partial charge on any atom is 0.255 e. The lowest BCUT2D eigenvalue weighted by molar-refractivity contribution is -0.128. The molecule has 0 heterocycles. The van der Waals surface area contributed by atoms with Gasteiger partial charge in [-0.05, 0) is 62.0 Å². The van der Waals surface area contributed by atoms with Gasteiger partial charge in [0.15, 0.2) is 0 Å². The molecule has 3 amide bonds. The quantitative estimate of drug-likeness (QED) is 0.141. The Morgan fingerprint density at radius 3 is 2.27 bits per heavy atom. The van der Waals surface area contributed by atoms with Gasteiger partial charge in [0.1, 0.15) is 5.75 Å². The topological polar surface area (TPSA) is 152 Å². The van der Waals surface area contributed by atoms with Gasteiger partial charge in [0, 0.05) is 52.2 Å². The average Bonchev–Trinajstić information content (AvgIpc) is 2.95. The molecule has 1 rings (SSSR count). The maximum absolute atomic E-state index is 13.0. The van der Waals surface area contributed by atoms with Crippen molar-refractivity contribution in [3.8, 4) is 5.75 Å². The van der Waals surface area contributed by atoms with E-state index in [-0.39, 0.29) is 41.9 Å². The summed E-state index contributed by atoms with van der Waals surface area (Å²) in [5.74, 6) is -0.0317. The predicted octanol–water partition coefficient (Wildman–Crippen LogP) is 2.88. The highest BCUT2D eigenvalue weighted by Gasteiger charge is 2.30. The van der Waals surface area contributed by atoms with E-state index in [2.05, 4.69) is 29.8 Å². The number of unbranched alkanes of at least 4 members (excludes halogenated alkanes) is 1. The summed E-state index contributed by atoms with van der Waals surface area (Å²) in [6.45, 7) is 9.99. The Kier molecular flexibility index (Phi) is 17.9. The monoisotopic (exact) mass is 578 g/mol. The molecule has 10 heteroatoms. The van der Waals surface area contributed by atoms with Gasteiger partial charge in [0.05, 0.1) is 18.3 Å². The Morgan fingerprint density at radius 2 is 1.63 bits per heavy atom. The fourth-order valence-corrected chi connectivity index (χ4v) is 4.56. The number of amides is 3. The Labute approximate surface area is 246 Å². The third-order valence-corrected chi connectivity index (χ3v) is 7.46. The van der Waals surface area contributed by atoms with E-state index in [0.29, 0.717) is 56.9 Å². The molecule has 0 fully saturated rings. The van der Waals surface area contributed by atoms with Crippen LogP contribution in [0.15, 0.2) is 24.3 Å². The van der Waals surface area contributed by atoms with Crippen LogP contribution in [0, 0.1) is 23.7 Å². The van der Waals surface area contributed by atoms with E-state index >= 15 is 0 Å². The minimum atomic E-state index is -0.872. The number of ether oxygens (including phenoxy) is 2. The second-order valence-electron chi connectivity index (χ2n) is 11.4. The molecule has 10 nitrogen and oxygen atoms in total. The van der Waals surface area contributed by atoms with Crippen molar-refractivity contribution >= 4 is 17.7 Å². The van der Waals surface area contributed by atoms with Gasteiger partial charge in [-0.3, -0.25) is 14.4 Å². The van der Waals surface area contributed by atoms with Crippen LogP contribution < -0.4 is 26.4 Å². The van der Waals surface area contributed by atoms with Crippen LogP contribution in [0.25, 0.3) is 0 Å². The van der Waals surface area contributed by atoms with Crippen molar-refractivity contribution < 1.29 is 29.0 Å². The summed E-state index contributed by atoms with van der Waals surface area (Å²) in [5.41, 5.74) is 6.92. The first-order valence-corrected chi connectivity index (χ1v) is 14.9. The number of nitrogens with two attached hydrogens (primary N) is 1. The number of carbonyl (C=O) groups is 3. The molecule has 0 bridgehead atoms. The Morgan fingerprint density at radius 1 is 0.951 bits per heavy atom. The molecule has 234 valence electrons. The smallest absolute Gasteiger partial charge is 0.255 e. The predicted molar refractivity (Wildman–Crippen MR) is 162 cm³/mol. The van der Waals surface area contributed by atoms with Crippen molar-refractivity contribution in [3.05, 3.63) is 29.8 Å². The molecule has 0 saturated carbocycles. The second-order valence-corrected chi connectivity index (χ2v) is 11.4. The molecule has 0 aliphatic carbocycles. The number of methoxy groups -OCH3 is 1. The molecule has 0 aliphatic heterocycles. The zero-order valence-electron chi connectivity index (χ0n) is 25.9. The van der Waals surface area contributed by atoms with Crippen LogP contribution in [0.3, 0.4) is 0 Å². The van der Waals surface area contributed by atoms with Crippen molar-refractivity contribution in [1.29, 1.82) is 0 Å². The minimum absolute atomic E-state index is 0.0123. The molecule has 0 aromatic heterocycles. The van der Waals surface area contributed by atoms with Crippen LogP contribution in [0.4, 0.5) is 0 Å². The molecule has 0 saturated heterocycles. The van der Waals surface area contributed by atoms with Crippen molar-refractivity contribution in [1.82, 2.24) is 16.0 Å². The van der Waals surface area contributed by atoms with Crippen LogP contribution in [-0.4, -0.2) is 75.4 Å². The number of rotatable bonds is 21. The van der Waals surface area contributed by atoms with Gasteiger partial charge in [-0.2, -0.15) is 0 Å². The molecule has 1 aromatic rings. The van der Waals surface area contributed by atoms with Gasteiger partial charge >= 0.3 is 0 Å². The fourth-order valence-electron chi connectivity index (χ4n) is 4.56. The zero-order chi connectivity index (χ0) is 30.8. The van der Waals surface area contributed by atoms with Gasteiger partial charge in [-0.15, -0.1) is 0 Å². The molecule has 6 N–H and O–H groups in total. The first kappa shape index (κ1) is 36.3. The second kappa shape index (κ2) is 20.2. The van der Waals surface area contributed by atoms with E-state index in [0.717, 1.165) is 12.8 Å². The molecule has 1 aromatic carbocycles. The Balaban J connectivity index is 2.68. The lowest BCUT2D eigenvalue weighted by Crippen LogP contribution is -2.44. The standard InChI is InChI=1S/C31H54N4O6/c1-21(2)23(20-35-30(38)24-12-7-8-13-28(24)41-17-10-9-16-40-6)18-26(32)27(36)19-25(22(3)4)31(39)34-15-11-14-29(37)33-5/h7-8,12-13,21-23,25-27,36H,9-11,14-20,32H2,1-6H3,(H,33,37)(H,34,39)(H,35,38)/t23-,25+,26+,27+/m1/s1. The first-order chi connectivity index (χ1) is 19.5. The van der Waals surface area contributed by atoms with Gasteiger partial charge in [-0.25, -0.2) is 0 Å². The lowest BCUT2D eigenvalue weighted by Gasteiger charge is -2.30. The maximum atomic E-state index is 13.0. The summed E-state index contributed by atoms with van der Waals surface area (Å²) >= 11 is 0. The molecule has 0 spiro atoms. The molecule has 41 heavy (non-hydrogen) atoms. The number of hydrogen-bond acceptors (Lipinski definition) is 7. The lowest BCUT2D eigenvalue weighted by atomic mass is 9.83. The first-order valence-electron chi connectivity index (χ1n) is 14.9. The van der Waals surface area contributed by atoms with Gasteiger partial charge < -0.3 is 36.3 Å². The van der Waals surface area contributed by atoms with Gasteiger partial charge in [-0.1, -0.05) is 39.8 Å². The van der Waals surface area contributed by atoms with Crippen molar-refractivity contribution in [2.45, 2.75) is 78.4 Å². The number of benzene rings is 1. The van der Waals surface area contributed by atoms with E-state index < -0.39 is 18.1 Å². The molecule has 4 atom stereocenters. The Bertz CT molecular complexity index is 910. The number of nitrogens with one attached hydrogen (secondary N) is 3. The summed E-state index contributed by atoms with van der Waals surface area (Å²) < 4.78 is 10.9. The molecule has 0 unspecified atom stereocenters. The van der Waals surface area contributed by atoms with E-state index in [1.807, 2.05) is 26.0 Å². The van der Waals surface area contributed by atoms with Crippen LogP contribution in [-0.2, 0) is 14.3 Å². The number of aliphatic hydroxyl groups is 1. The SMILES string of the molecule is CNC(=O)CCCNC(=O)[C@@H](C[C@H](O)[C@@H](N)C[C@H](CNC(=O)c1ccccc1OCCCCOC)C(C)C)C(C)C. The van der Waals surface area contributed by atoms with E-state index in [1.54, 1.807) is 26.3 Å². The summed E-state index contributed by atoms with van der Waals surface area (Å²) in [6, 6.07) is 6.64. The molecular weight excluding hydrogens is 524 g/mol. The highest BCUT2D eigenvalue weighted by Crippen LogP contribution is 2.24. The Hall–Kier alpha value is -2.69. The van der Waals surface area contributed by atoms with Crippen LogP contribution >= 0.6 is 0 Å². The highest BCUT2D eigenvalue weighted by molar-refractivity contribution is 5.96.